The summed E-state index contributed by atoms with van der Waals surface area (Å²) in [6.45, 7) is -1.15. The fourth-order valence-corrected chi connectivity index (χ4v) is 7.94. The maximum atomic E-state index is 14.4. The van der Waals surface area contributed by atoms with Gasteiger partial charge in [-0.15, -0.1) is 0 Å². The van der Waals surface area contributed by atoms with Crippen LogP contribution in [-0.4, -0.2) is 186 Å². The highest BCUT2D eigenvalue weighted by Crippen LogP contribution is 2.21. The summed E-state index contributed by atoms with van der Waals surface area (Å²) < 4.78 is 14.4. The molecule has 2 rings (SSSR count). The number of nitrogens with one attached hydrogen (secondary N) is 9. The molecule has 1 aliphatic rings. The van der Waals surface area contributed by atoms with E-state index in [0.717, 1.165) is 6.07 Å². The van der Waals surface area contributed by atoms with Gasteiger partial charge in [0, 0.05) is 32.6 Å². The number of rotatable bonds is 36. The van der Waals surface area contributed by atoms with E-state index >= 15 is 0 Å². The summed E-state index contributed by atoms with van der Waals surface area (Å²) >= 11 is 0. The highest BCUT2D eigenvalue weighted by Gasteiger charge is 2.40. The van der Waals surface area contributed by atoms with E-state index in [0.29, 0.717) is 38.6 Å². The van der Waals surface area contributed by atoms with Crippen LogP contribution in [0.15, 0.2) is 36.0 Å². The van der Waals surface area contributed by atoms with Crippen LogP contribution in [0.25, 0.3) is 0 Å². The Morgan fingerprint density at radius 3 is 1.94 bits per heavy atom. The fraction of sp³-hybridized carbons (Fsp3) is 0.617. The standard InChI is InChI=1S/C47H80FN17O12/c48-27-10-5-9-26(21-27)22-32(41(71)60-29(12-2-4-17-50)40(70)61-31(46(76)77)14-7-19-57-47(55)56)62-42(72)33-15-8-20-65(33)45(75)30(13-6-18-51)59-36(68)25-58-43(73)37(34(66)23-52)64-44(74)38(35(67)24-53)63-39(69)28(54)11-1-3-16-49/h5,9-10,14,21,28-30,32-35,37-38,66-67H,1-4,6-8,11-13,15-20,22-25,49-54H2,(H,58,73)(H,59,68)(H,60,71)(H,61,70)(H,62,72)(H,63,69)(H,64,74)(H,76,77)(H4,55,56,57)/b31-14-/t28-,29-,30+,32-,33-,34-,35-,37-,38-/m0/s1. The zero-order chi connectivity index (χ0) is 57.6. The number of amides is 8. The second kappa shape index (κ2) is 35.4. The van der Waals surface area contributed by atoms with Crippen LogP contribution in [0.1, 0.15) is 76.2 Å². The highest BCUT2D eigenvalue weighted by atomic mass is 19.1. The normalized spacial score (nSPS) is 16.5. The first-order chi connectivity index (χ1) is 36.6. The van der Waals surface area contributed by atoms with Gasteiger partial charge in [-0.1, -0.05) is 24.6 Å². The number of nitrogens with two attached hydrogens (primary N) is 7. The first-order valence-electron chi connectivity index (χ1n) is 25.4. The molecule has 1 heterocycles. The van der Waals surface area contributed by atoms with Gasteiger partial charge >= 0.3 is 5.97 Å². The minimum Gasteiger partial charge on any atom is -0.477 e. The fourth-order valence-electron chi connectivity index (χ4n) is 7.94. The molecule has 1 aromatic rings. The molecule has 26 N–H and O–H groups in total. The Hall–Kier alpha value is -6.93. The van der Waals surface area contributed by atoms with Gasteiger partial charge in [0.15, 0.2) is 5.96 Å². The summed E-state index contributed by atoms with van der Waals surface area (Å²) in [6, 6.07) is -4.88. The average Bonchev–Trinajstić information content (AvgIpc) is 3.90. The molecule has 0 radical (unpaired) electrons. The zero-order valence-electron chi connectivity index (χ0n) is 43.1. The Kier molecular flexibility index (Phi) is 30.4. The van der Waals surface area contributed by atoms with Crippen molar-refractivity contribution in [1.82, 2.24) is 47.4 Å². The molecule has 30 heteroatoms. The number of likely N-dealkylation sites (tertiary alicyclic amines) is 1. The number of hydrogen-bond acceptors (Lipinski definition) is 18. The molecule has 0 saturated carbocycles. The molecule has 0 aromatic heterocycles. The Balaban J connectivity index is 2.32. The van der Waals surface area contributed by atoms with Crippen LogP contribution in [0.4, 0.5) is 4.39 Å². The summed E-state index contributed by atoms with van der Waals surface area (Å²) in [6.07, 6.45) is 0.0579. The number of carboxylic acids is 1. The average molecular weight is 1090 g/mol. The van der Waals surface area contributed by atoms with Gasteiger partial charge in [-0.05, 0) is 102 Å². The van der Waals surface area contributed by atoms with E-state index in [1.54, 1.807) is 0 Å². The van der Waals surface area contributed by atoms with E-state index in [1.165, 1.54) is 29.2 Å². The number of carbonyl (C=O) groups is 9. The molecular formula is C47H80FN17O12. The molecule has 8 amide bonds. The number of aliphatic carboxylic acids is 1. The number of carbonyl (C=O) groups excluding carboxylic acids is 8. The number of nitrogens with zero attached hydrogens (tertiary/aromatic N) is 1. The van der Waals surface area contributed by atoms with Crippen LogP contribution in [0.3, 0.4) is 0 Å². The molecule has 9 atom stereocenters. The van der Waals surface area contributed by atoms with Crippen molar-refractivity contribution in [3.05, 3.63) is 47.4 Å². The van der Waals surface area contributed by atoms with E-state index in [1.807, 2.05) is 0 Å². The van der Waals surface area contributed by atoms with E-state index in [9.17, 15) is 62.9 Å². The molecule has 432 valence electrons. The topological polar surface area (TPSA) is 520 Å². The van der Waals surface area contributed by atoms with Crippen LogP contribution in [0, 0.1) is 11.2 Å². The quantitative estimate of drug-likeness (QED) is 0.0128. The Morgan fingerprint density at radius 2 is 1.34 bits per heavy atom. The zero-order valence-corrected chi connectivity index (χ0v) is 43.1. The van der Waals surface area contributed by atoms with Crippen LogP contribution < -0.4 is 82.7 Å². The number of benzene rings is 1. The van der Waals surface area contributed by atoms with Crippen molar-refractivity contribution in [3.63, 3.8) is 0 Å². The number of guanidine groups is 1. The lowest BCUT2D eigenvalue weighted by atomic mass is 10.0. The maximum absolute atomic E-state index is 14.4. The number of hydrogen-bond donors (Lipinski definition) is 19. The lowest BCUT2D eigenvalue weighted by molar-refractivity contribution is -0.142. The van der Waals surface area contributed by atoms with Gasteiger partial charge in [0.25, 0.3) is 0 Å². The van der Waals surface area contributed by atoms with Crippen LogP contribution >= 0.6 is 0 Å². The first-order valence-corrected chi connectivity index (χ1v) is 25.4. The van der Waals surface area contributed by atoms with Crippen molar-refractivity contribution < 1.29 is 62.9 Å². The predicted molar refractivity (Wildman–Crippen MR) is 278 cm³/mol. The third-order valence-electron chi connectivity index (χ3n) is 12.1. The number of unbranched alkanes of at least 4 members (excludes halogenated alkanes) is 2. The summed E-state index contributed by atoms with van der Waals surface area (Å²) in [5.41, 5.74) is 39.1. The third kappa shape index (κ3) is 23.5. The molecule has 0 unspecified atom stereocenters. The molecule has 1 aromatic carbocycles. The number of aliphatic hydroxyl groups excluding tert-OH is 2. The summed E-state index contributed by atoms with van der Waals surface area (Å²) in [5.74, 6) is -9.90. The molecule has 0 bridgehead atoms. The SMILES string of the molecule is N=C(N)NCC/C=C(\NC(=O)[C@H](CCCCN)NC(=O)[C@H](Cc1cccc(F)c1)NC(=O)[C@@H]1CCCN1C(=O)[C@@H](CCCN)NC(=O)CNC(=O)[C@@H](NC(=O)[C@@H](NC(=O)[C@@H](N)CCCCN)[C@@H](O)CN)[C@@H](O)CN)C(=O)O. The van der Waals surface area contributed by atoms with Crippen LogP contribution in [-0.2, 0) is 49.6 Å². The lowest BCUT2D eigenvalue weighted by Gasteiger charge is -2.30. The van der Waals surface area contributed by atoms with Gasteiger partial charge in [-0.2, -0.15) is 0 Å². The molecule has 0 spiro atoms. The lowest BCUT2D eigenvalue weighted by Crippen LogP contribution is -2.63. The van der Waals surface area contributed by atoms with E-state index in [-0.39, 0.29) is 82.6 Å². The van der Waals surface area contributed by atoms with Crippen LogP contribution in [0.5, 0.6) is 0 Å². The van der Waals surface area contributed by atoms with Crippen molar-refractivity contribution in [2.75, 3.05) is 52.4 Å². The molecular weight excluding hydrogens is 1010 g/mol. The Labute approximate surface area is 445 Å². The minimum absolute atomic E-state index is 0.0141. The predicted octanol–water partition coefficient (Wildman–Crippen LogP) is -7.18. The van der Waals surface area contributed by atoms with Crippen molar-refractivity contribution in [2.45, 2.75) is 132 Å². The van der Waals surface area contributed by atoms with Gasteiger partial charge in [0.05, 0.1) is 24.8 Å². The van der Waals surface area contributed by atoms with Crippen molar-refractivity contribution in [2.24, 2.45) is 40.1 Å². The smallest absolute Gasteiger partial charge is 0.352 e. The molecule has 29 nitrogen and oxygen atoms in total. The van der Waals surface area contributed by atoms with Crippen molar-refractivity contribution >= 4 is 59.2 Å². The molecule has 77 heavy (non-hydrogen) atoms. The van der Waals surface area contributed by atoms with Crippen LogP contribution in [0.2, 0.25) is 0 Å². The number of aliphatic hydroxyl groups is 2. The van der Waals surface area contributed by atoms with Crippen molar-refractivity contribution in [3.8, 4) is 0 Å². The number of halogens is 1. The van der Waals surface area contributed by atoms with Crippen molar-refractivity contribution in [1.29, 1.82) is 5.41 Å². The largest absolute Gasteiger partial charge is 0.477 e. The van der Waals surface area contributed by atoms with Gasteiger partial charge in [-0.25, -0.2) is 9.18 Å². The Bertz CT molecular complexity index is 2180. The van der Waals surface area contributed by atoms with Gasteiger partial charge in [0.2, 0.25) is 47.3 Å². The second-order valence-electron chi connectivity index (χ2n) is 18.2. The van der Waals surface area contributed by atoms with E-state index < -0.39 is 139 Å². The highest BCUT2D eigenvalue weighted by molar-refractivity contribution is 5.99. The van der Waals surface area contributed by atoms with Gasteiger partial charge < -0.3 is 103 Å². The Morgan fingerprint density at radius 1 is 0.727 bits per heavy atom. The molecule has 0 aliphatic carbocycles. The first kappa shape index (κ1) is 66.2. The van der Waals surface area contributed by atoms with E-state index in [2.05, 4.69) is 42.5 Å². The third-order valence-corrected chi connectivity index (χ3v) is 12.1. The van der Waals surface area contributed by atoms with Gasteiger partial charge in [-0.3, -0.25) is 43.8 Å². The summed E-state index contributed by atoms with van der Waals surface area (Å²) in [5, 5.41) is 57.5. The molecule has 1 fully saturated rings. The summed E-state index contributed by atoms with van der Waals surface area (Å²) in [7, 11) is 0. The monoisotopic (exact) mass is 1090 g/mol. The number of carboxylic acid groups (broad SMARTS) is 1. The van der Waals surface area contributed by atoms with E-state index in [4.69, 9.17) is 45.5 Å². The molecule has 1 saturated heterocycles. The second-order valence-corrected chi connectivity index (χ2v) is 18.2. The maximum Gasteiger partial charge on any atom is 0.352 e. The molecule has 1 aliphatic heterocycles. The summed E-state index contributed by atoms with van der Waals surface area (Å²) in [4.78, 5) is 123. The minimum atomic E-state index is -1.84. The van der Waals surface area contributed by atoms with Gasteiger partial charge in [0.1, 0.15) is 47.8 Å².